The lowest BCUT2D eigenvalue weighted by Gasteiger charge is -2.22. The summed E-state index contributed by atoms with van der Waals surface area (Å²) in [5, 5.41) is 2.91. The Morgan fingerprint density at radius 3 is 2.52 bits per heavy atom. The smallest absolute Gasteiger partial charge is 0.225 e. The van der Waals surface area contributed by atoms with Crippen molar-refractivity contribution in [2.24, 2.45) is 11.7 Å². The van der Waals surface area contributed by atoms with E-state index in [4.69, 9.17) is 5.73 Å². The van der Waals surface area contributed by atoms with E-state index in [1.807, 2.05) is 37.3 Å². The fraction of sp³-hybridized carbons (Fsp3) is 0.467. The molecule has 1 saturated heterocycles. The van der Waals surface area contributed by atoms with E-state index in [9.17, 15) is 9.59 Å². The number of halogens is 1. The average Bonchev–Trinajstić information content (AvgIpc) is 2.76. The summed E-state index contributed by atoms with van der Waals surface area (Å²) < 4.78 is 0. The van der Waals surface area contributed by atoms with E-state index >= 15 is 0 Å². The number of rotatable bonds is 4. The predicted octanol–water partition coefficient (Wildman–Crippen LogP) is 1.09. The standard InChI is InChI=1S/C15H21N3O2.ClH/c1-10(14(16)11-6-4-3-5-7-11)15(20)17-12-8-13(19)18(2)9-12;/h3-7,10,12,14H,8-9,16H2,1-2H3,(H,17,20);1H. The number of amides is 2. The predicted molar refractivity (Wildman–Crippen MR) is 84.0 cm³/mol. The van der Waals surface area contributed by atoms with Crippen LogP contribution in [0.5, 0.6) is 0 Å². The van der Waals surface area contributed by atoms with Gasteiger partial charge in [0, 0.05) is 26.1 Å². The van der Waals surface area contributed by atoms with Crippen LogP contribution in [0.25, 0.3) is 0 Å². The van der Waals surface area contributed by atoms with Gasteiger partial charge >= 0.3 is 0 Å². The molecule has 0 bridgehead atoms. The molecule has 2 amide bonds. The van der Waals surface area contributed by atoms with Gasteiger partial charge in [0.1, 0.15) is 0 Å². The molecule has 0 aromatic heterocycles. The molecule has 1 aromatic rings. The second-order valence-corrected chi connectivity index (χ2v) is 5.41. The zero-order valence-corrected chi connectivity index (χ0v) is 13.1. The van der Waals surface area contributed by atoms with Crippen LogP contribution in [0.15, 0.2) is 30.3 Å². The third-order valence-corrected chi connectivity index (χ3v) is 3.82. The van der Waals surface area contributed by atoms with Crippen molar-refractivity contribution < 1.29 is 9.59 Å². The zero-order valence-electron chi connectivity index (χ0n) is 12.3. The molecule has 116 valence electrons. The molecule has 3 N–H and O–H groups in total. The van der Waals surface area contributed by atoms with Crippen LogP contribution >= 0.6 is 12.4 Å². The van der Waals surface area contributed by atoms with Crippen molar-refractivity contribution in [1.82, 2.24) is 10.2 Å². The van der Waals surface area contributed by atoms with Gasteiger partial charge in [0.05, 0.1) is 12.0 Å². The first-order valence-electron chi connectivity index (χ1n) is 6.84. The van der Waals surface area contributed by atoms with Crippen molar-refractivity contribution in [2.45, 2.75) is 25.4 Å². The lowest BCUT2D eigenvalue weighted by molar-refractivity contribution is -0.126. The van der Waals surface area contributed by atoms with Gasteiger partial charge in [0.2, 0.25) is 11.8 Å². The van der Waals surface area contributed by atoms with Crippen LogP contribution in [0.1, 0.15) is 24.9 Å². The number of nitrogens with zero attached hydrogens (tertiary/aromatic N) is 1. The number of nitrogens with one attached hydrogen (secondary N) is 1. The summed E-state index contributed by atoms with van der Waals surface area (Å²) in [5.74, 6) is -0.372. The topological polar surface area (TPSA) is 75.4 Å². The maximum atomic E-state index is 12.2. The van der Waals surface area contributed by atoms with Crippen LogP contribution in [0.4, 0.5) is 0 Å². The average molecular weight is 312 g/mol. The summed E-state index contributed by atoms with van der Waals surface area (Å²) in [4.78, 5) is 25.3. The Morgan fingerprint density at radius 1 is 1.38 bits per heavy atom. The minimum Gasteiger partial charge on any atom is -0.351 e. The number of carbonyl (C=O) groups is 2. The van der Waals surface area contributed by atoms with Gasteiger partial charge in [-0.1, -0.05) is 37.3 Å². The Morgan fingerprint density at radius 2 is 2.00 bits per heavy atom. The molecule has 5 nitrogen and oxygen atoms in total. The first-order valence-corrected chi connectivity index (χ1v) is 6.84. The van der Waals surface area contributed by atoms with Gasteiger partial charge in [0.25, 0.3) is 0 Å². The summed E-state index contributed by atoms with van der Waals surface area (Å²) in [6, 6.07) is 9.12. The van der Waals surface area contributed by atoms with E-state index in [0.29, 0.717) is 13.0 Å². The molecular weight excluding hydrogens is 290 g/mol. The minimum atomic E-state index is -0.342. The van der Waals surface area contributed by atoms with Crippen LogP contribution in [0.2, 0.25) is 0 Å². The summed E-state index contributed by atoms with van der Waals surface area (Å²) in [5.41, 5.74) is 7.07. The van der Waals surface area contributed by atoms with Gasteiger partial charge in [-0.15, -0.1) is 12.4 Å². The van der Waals surface area contributed by atoms with Gasteiger partial charge in [-0.2, -0.15) is 0 Å². The normalized spacial score (nSPS) is 20.6. The lowest BCUT2D eigenvalue weighted by Crippen LogP contribution is -2.42. The number of carbonyl (C=O) groups excluding carboxylic acids is 2. The molecule has 3 unspecified atom stereocenters. The lowest BCUT2D eigenvalue weighted by atomic mass is 9.94. The molecule has 1 aliphatic rings. The van der Waals surface area contributed by atoms with Crippen molar-refractivity contribution in [1.29, 1.82) is 0 Å². The quantitative estimate of drug-likeness (QED) is 0.874. The van der Waals surface area contributed by atoms with E-state index in [1.54, 1.807) is 11.9 Å². The molecule has 0 spiro atoms. The molecule has 6 heteroatoms. The first-order chi connectivity index (χ1) is 9.49. The molecule has 3 atom stereocenters. The first kappa shape index (κ1) is 17.5. The zero-order chi connectivity index (χ0) is 14.7. The van der Waals surface area contributed by atoms with Crippen molar-refractivity contribution in [3.8, 4) is 0 Å². The molecule has 2 rings (SSSR count). The Balaban J connectivity index is 0.00000220. The van der Waals surface area contributed by atoms with Crippen LogP contribution < -0.4 is 11.1 Å². The molecule has 1 fully saturated rings. The summed E-state index contributed by atoms with van der Waals surface area (Å²) >= 11 is 0. The Kier molecular flexibility index (Phi) is 6.18. The van der Waals surface area contributed by atoms with Crippen molar-refractivity contribution in [2.75, 3.05) is 13.6 Å². The molecule has 0 radical (unpaired) electrons. The SMILES string of the molecule is CC(C(=O)NC1CC(=O)N(C)C1)C(N)c1ccccc1.Cl. The maximum absolute atomic E-state index is 12.2. The number of hydrogen-bond donors (Lipinski definition) is 2. The van der Waals surface area contributed by atoms with Crippen LogP contribution in [-0.2, 0) is 9.59 Å². The fourth-order valence-electron chi connectivity index (χ4n) is 2.42. The van der Waals surface area contributed by atoms with E-state index in [0.717, 1.165) is 5.56 Å². The summed E-state index contributed by atoms with van der Waals surface area (Å²) in [6.07, 6.45) is 0.371. The molecule has 21 heavy (non-hydrogen) atoms. The van der Waals surface area contributed by atoms with E-state index < -0.39 is 0 Å². The Bertz CT molecular complexity index is 495. The van der Waals surface area contributed by atoms with Gasteiger partial charge in [-0.05, 0) is 5.56 Å². The van der Waals surface area contributed by atoms with Gasteiger partial charge < -0.3 is 16.0 Å². The molecule has 0 aliphatic carbocycles. The van der Waals surface area contributed by atoms with Gasteiger partial charge in [0.15, 0.2) is 0 Å². The molecule has 1 aliphatic heterocycles. The van der Waals surface area contributed by atoms with Crippen molar-refractivity contribution in [3.05, 3.63) is 35.9 Å². The molecular formula is C15H22ClN3O2. The third-order valence-electron chi connectivity index (χ3n) is 3.82. The summed E-state index contributed by atoms with van der Waals surface area (Å²) in [6.45, 7) is 2.38. The number of likely N-dealkylation sites (N-methyl/N-ethyl adjacent to an activating group) is 1. The van der Waals surface area contributed by atoms with E-state index in [-0.39, 0.29) is 42.2 Å². The Hall–Kier alpha value is -1.59. The monoisotopic (exact) mass is 311 g/mol. The van der Waals surface area contributed by atoms with E-state index in [2.05, 4.69) is 5.32 Å². The molecule has 1 heterocycles. The summed E-state index contributed by atoms with van der Waals surface area (Å²) in [7, 11) is 1.74. The number of nitrogens with two attached hydrogens (primary N) is 1. The highest BCUT2D eigenvalue weighted by molar-refractivity contribution is 5.85. The van der Waals surface area contributed by atoms with Crippen LogP contribution in [-0.4, -0.2) is 36.3 Å². The third kappa shape index (κ3) is 4.19. The van der Waals surface area contributed by atoms with Crippen LogP contribution in [0, 0.1) is 5.92 Å². The van der Waals surface area contributed by atoms with Crippen LogP contribution in [0.3, 0.4) is 0 Å². The second-order valence-electron chi connectivity index (χ2n) is 5.41. The highest BCUT2D eigenvalue weighted by atomic mass is 35.5. The second kappa shape index (κ2) is 7.43. The fourth-order valence-corrected chi connectivity index (χ4v) is 2.42. The van der Waals surface area contributed by atoms with Crippen molar-refractivity contribution in [3.63, 3.8) is 0 Å². The Labute approximate surface area is 131 Å². The number of likely N-dealkylation sites (tertiary alicyclic amines) is 1. The van der Waals surface area contributed by atoms with Gasteiger partial charge in [-0.25, -0.2) is 0 Å². The number of benzene rings is 1. The highest BCUT2D eigenvalue weighted by Gasteiger charge is 2.30. The highest BCUT2D eigenvalue weighted by Crippen LogP contribution is 2.20. The van der Waals surface area contributed by atoms with E-state index in [1.165, 1.54) is 0 Å². The minimum absolute atomic E-state index is 0. The number of hydrogen-bond acceptors (Lipinski definition) is 3. The molecule has 0 saturated carbocycles. The molecule has 1 aromatic carbocycles. The maximum Gasteiger partial charge on any atom is 0.225 e. The largest absolute Gasteiger partial charge is 0.351 e. The van der Waals surface area contributed by atoms with Crippen molar-refractivity contribution >= 4 is 24.2 Å². The van der Waals surface area contributed by atoms with Gasteiger partial charge in [-0.3, -0.25) is 9.59 Å².